The number of anilines is 1. The quantitative estimate of drug-likeness (QED) is 0.324. The standard InChI is InChI=1S/C29H31ClF2N8O2/c1-41-26-20(30)8-21-18(12-35-38-21)22(26)25-23(32)24-19(11-34-25)27(39-6-2-4-17(33)14-39)37-28(36-24)42-15-29-5-3-7-40(29)13-16(9-29)10-31/h8,10-12,17H,2-7,9,13-15,33H2,1H3,(H,35,38)/b16-10-/t17-,29?/m1/s1. The molecule has 1 unspecified atom stereocenters. The van der Waals surface area contributed by atoms with Crippen LogP contribution in [-0.4, -0.2) is 81.5 Å². The van der Waals surface area contributed by atoms with Crippen molar-refractivity contribution >= 4 is 39.2 Å². The van der Waals surface area contributed by atoms with Crippen molar-refractivity contribution in [3.8, 4) is 23.0 Å². The number of ether oxygens (including phenoxy) is 2. The number of hydrogen-bond acceptors (Lipinski definition) is 9. The van der Waals surface area contributed by atoms with Gasteiger partial charge < -0.3 is 20.1 Å². The van der Waals surface area contributed by atoms with Crippen molar-refractivity contribution in [1.82, 2.24) is 30.0 Å². The fourth-order valence-electron chi connectivity index (χ4n) is 6.83. The Kier molecular flexibility index (Phi) is 6.87. The Morgan fingerprint density at radius 1 is 1.24 bits per heavy atom. The van der Waals surface area contributed by atoms with E-state index in [2.05, 4.69) is 25.1 Å². The van der Waals surface area contributed by atoms with E-state index in [0.29, 0.717) is 65.1 Å². The number of aromatic amines is 1. The van der Waals surface area contributed by atoms with E-state index in [0.717, 1.165) is 37.8 Å². The van der Waals surface area contributed by atoms with Gasteiger partial charge in [-0.3, -0.25) is 15.0 Å². The van der Waals surface area contributed by atoms with Crippen LogP contribution in [0.15, 0.2) is 30.4 Å². The fourth-order valence-corrected chi connectivity index (χ4v) is 7.11. The second kappa shape index (κ2) is 10.6. The summed E-state index contributed by atoms with van der Waals surface area (Å²) >= 11 is 6.50. The molecule has 0 saturated carbocycles. The van der Waals surface area contributed by atoms with Crippen LogP contribution in [0.25, 0.3) is 33.1 Å². The molecule has 2 atom stereocenters. The van der Waals surface area contributed by atoms with Crippen LogP contribution in [0.3, 0.4) is 0 Å². The number of rotatable bonds is 6. The monoisotopic (exact) mass is 596 g/mol. The highest BCUT2D eigenvalue weighted by molar-refractivity contribution is 6.33. The van der Waals surface area contributed by atoms with Gasteiger partial charge >= 0.3 is 6.01 Å². The number of pyridine rings is 1. The maximum Gasteiger partial charge on any atom is 0.319 e. The second-order valence-electron chi connectivity index (χ2n) is 11.4. The van der Waals surface area contributed by atoms with Crippen molar-refractivity contribution in [2.45, 2.75) is 43.7 Å². The average molecular weight is 597 g/mol. The molecule has 13 heteroatoms. The van der Waals surface area contributed by atoms with E-state index in [9.17, 15) is 4.39 Å². The van der Waals surface area contributed by atoms with Gasteiger partial charge in [-0.25, -0.2) is 8.78 Å². The number of aromatic nitrogens is 5. The molecule has 0 radical (unpaired) electrons. The van der Waals surface area contributed by atoms with Gasteiger partial charge in [0.2, 0.25) is 0 Å². The summed E-state index contributed by atoms with van der Waals surface area (Å²) in [4.78, 5) is 18.2. The summed E-state index contributed by atoms with van der Waals surface area (Å²) in [5, 5.41) is 8.33. The zero-order chi connectivity index (χ0) is 29.0. The molecule has 3 aromatic heterocycles. The van der Waals surface area contributed by atoms with E-state index in [4.69, 9.17) is 31.8 Å². The lowest BCUT2D eigenvalue weighted by Gasteiger charge is -2.33. The number of piperidine rings is 1. The van der Waals surface area contributed by atoms with Crippen LogP contribution in [0.2, 0.25) is 5.02 Å². The second-order valence-corrected chi connectivity index (χ2v) is 11.8. The number of fused-ring (bicyclic) bond motifs is 3. The Hall–Kier alpha value is -3.61. The van der Waals surface area contributed by atoms with Crippen molar-refractivity contribution in [2.24, 2.45) is 5.73 Å². The molecular formula is C29H31ClF2N8O2. The summed E-state index contributed by atoms with van der Waals surface area (Å²) < 4.78 is 41.9. The fraction of sp³-hybridized carbons (Fsp3) is 0.448. The van der Waals surface area contributed by atoms with E-state index in [1.54, 1.807) is 18.5 Å². The molecular weight excluding hydrogens is 566 g/mol. The van der Waals surface area contributed by atoms with Crippen molar-refractivity contribution in [3.63, 3.8) is 0 Å². The molecule has 0 aliphatic carbocycles. The molecule has 10 nitrogen and oxygen atoms in total. The largest absolute Gasteiger partial charge is 0.494 e. The van der Waals surface area contributed by atoms with Crippen LogP contribution in [0.5, 0.6) is 11.8 Å². The molecule has 0 amide bonds. The summed E-state index contributed by atoms with van der Waals surface area (Å²) in [6.07, 6.45) is 8.11. The van der Waals surface area contributed by atoms with E-state index >= 15 is 4.39 Å². The van der Waals surface area contributed by atoms with Gasteiger partial charge in [0.25, 0.3) is 0 Å². The lowest BCUT2D eigenvalue weighted by Crippen LogP contribution is -2.44. The van der Waals surface area contributed by atoms with Crippen molar-refractivity contribution in [1.29, 1.82) is 0 Å². The topological polar surface area (TPSA) is 118 Å². The Morgan fingerprint density at radius 3 is 2.93 bits per heavy atom. The third-order valence-corrected chi connectivity index (χ3v) is 9.09. The Balaban J connectivity index is 1.36. The lowest BCUT2D eigenvalue weighted by molar-refractivity contribution is 0.108. The molecule has 3 aliphatic rings. The number of nitrogens with one attached hydrogen (secondary N) is 1. The van der Waals surface area contributed by atoms with Gasteiger partial charge in [0, 0.05) is 37.3 Å². The molecule has 42 heavy (non-hydrogen) atoms. The highest BCUT2D eigenvalue weighted by Crippen LogP contribution is 2.44. The molecule has 6 heterocycles. The Morgan fingerprint density at radius 2 is 2.12 bits per heavy atom. The van der Waals surface area contributed by atoms with Crippen LogP contribution < -0.4 is 20.1 Å². The van der Waals surface area contributed by atoms with E-state index in [1.165, 1.54) is 7.11 Å². The first-order chi connectivity index (χ1) is 20.4. The smallest absolute Gasteiger partial charge is 0.319 e. The van der Waals surface area contributed by atoms with Crippen LogP contribution in [0.4, 0.5) is 14.6 Å². The zero-order valence-corrected chi connectivity index (χ0v) is 23.9. The highest BCUT2D eigenvalue weighted by Gasteiger charge is 2.47. The van der Waals surface area contributed by atoms with Gasteiger partial charge in [-0.15, -0.1) is 0 Å². The third kappa shape index (κ3) is 4.43. The van der Waals surface area contributed by atoms with Crippen molar-refractivity contribution < 1.29 is 18.3 Å². The van der Waals surface area contributed by atoms with Gasteiger partial charge in [0.15, 0.2) is 5.82 Å². The molecule has 0 bridgehead atoms. The summed E-state index contributed by atoms with van der Waals surface area (Å²) in [5.41, 5.74) is 7.80. The summed E-state index contributed by atoms with van der Waals surface area (Å²) in [6.45, 7) is 3.01. The number of halogens is 3. The summed E-state index contributed by atoms with van der Waals surface area (Å²) in [5.74, 6) is 0.142. The van der Waals surface area contributed by atoms with Gasteiger partial charge in [-0.1, -0.05) is 11.6 Å². The van der Waals surface area contributed by atoms with E-state index in [-0.39, 0.29) is 41.2 Å². The predicted octanol–water partition coefficient (Wildman–Crippen LogP) is 4.77. The van der Waals surface area contributed by atoms with E-state index < -0.39 is 5.82 Å². The first-order valence-corrected chi connectivity index (χ1v) is 14.5. The van der Waals surface area contributed by atoms with Crippen LogP contribution >= 0.6 is 11.6 Å². The molecule has 3 N–H and O–H groups in total. The number of H-pyrrole nitrogens is 1. The molecule has 3 fully saturated rings. The average Bonchev–Trinajstić information content (AvgIpc) is 3.70. The maximum absolute atomic E-state index is 16.7. The normalized spacial score (nSPS) is 23.8. The van der Waals surface area contributed by atoms with Crippen LogP contribution in [0.1, 0.15) is 32.1 Å². The lowest BCUT2D eigenvalue weighted by atomic mass is 9.94. The molecule has 4 aromatic rings. The number of nitrogens with two attached hydrogens (primary N) is 1. The zero-order valence-electron chi connectivity index (χ0n) is 23.2. The van der Waals surface area contributed by atoms with Crippen LogP contribution in [-0.2, 0) is 0 Å². The molecule has 3 saturated heterocycles. The molecule has 7 rings (SSSR count). The maximum atomic E-state index is 16.7. The minimum atomic E-state index is -0.658. The SMILES string of the molecule is COc1c(Cl)cc2[nH]ncc2c1-c1ncc2c(N3CCC[C@@H](N)C3)nc(OCC34CCCN3C/C(=C\F)C4)nc2c1F. The Bertz CT molecular complexity index is 1710. The minimum Gasteiger partial charge on any atom is -0.494 e. The predicted molar refractivity (Wildman–Crippen MR) is 156 cm³/mol. The molecule has 1 aromatic carbocycles. The van der Waals surface area contributed by atoms with Gasteiger partial charge in [0.05, 0.1) is 46.7 Å². The van der Waals surface area contributed by atoms with Gasteiger partial charge in [-0.2, -0.15) is 15.1 Å². The third-order valence-electron chi connectivity index (χ3n) is 8.81. The molecule has 0 spiro atoms. The van der Waals surface area contributed by atoms with Gasteiger partial charge in [0.1, 0.15) is 29.4 Å². The summed E-state index contributed by atoms with van der Waals surface area (Å²) in [7, 11) is 1.47. The molecule has 3 aliphatic heterocycles. The van der Waals surface area contributed by atoms with Gasteiger partial charge in [-0.05, 0) is 50.3 Å². The number of methoxy groups -OCH3 is 1. The van der Waals surface area contributed by atoms with Crippen molar-refractivity contribution in [2.75, 3.05) is 44.8 Å². The first kappa shape index (κ1) is 27.2. The van der Waals surface area contributed by atoms with Crippen LogP contribution in [0, 0.1) is 5.82 Å². The minimum absolute atomic E-state index is 0.0216. The number of hydrogen-bond donors (Lipinski definition) is 2. The summed E-state index contributed by atoms with van der Waals surface area (Å²) in [6, 6.07) is 1.69. The van der Waals surface area contributed by atoms with E-state index in [1.807, 2.05) is 4.90 Å². The number of benzene rings is 1. The van der Waals surface area contributed by atoms with Crippen molar-refractivity contribution in [3.05, 3.63) is 41.2 Å². The number of nitrogens with zero attached hydrogens (tertiary/aromatic N) is 6. The molecule has 220 valence electrons. The first-order valence-electron chi connectivity index (χ1n) is 14.1. The highest BCUT2D eigenvalue weighted by atomic mass is 35.5. The Labute approximate surface area is 245 Å².